The highest BCUT2D eigenvalue weighted by Gasteiger charge is 2.58. The molecule has 1 aromatic rings. The van der Waals surface area contributed by atoms with Crippen LogP contribution < -0.4 is 5.46 Å². The van der Waals surface area contributed by atoms with E-state index in [-0.39, 0.29) is 0 Å². The zero-order valence-electron chi connectivity index (χ0n) is 25.5. The summed E-state index contributed by atoms with van der Waals surface area (Å²) in [6.07, 6.45) is 33.4. The molecule has 0 nitrogen and oxygen atoms in total. The highest BCUT2D eigenvalue weighted by atomic mass is 14.6. The molecule has 12 fully saturated rings. The van der Waals surface area contributed by atoms with Crippen molar-refractivity contribution in [3.05, 3.63) is 30.3 Å². The summed E-state index contributed by atoms with van der Waals surface area (Å²) < 4.78 is 0. The summed E-state index contributed by atoms with van der Waals surface area (Å²) >= 11 is 0. The third kappa shape index (κ3) is 3.89. The molecule has 0 aromatic heterocycles. The lowest BCUT2D eigenvalue weighted by Gasteiger charge is -2.67. The maximum Gasteiger partial charge on any atom is 0.0298 e. The van der Waals surface area contributed by atoms with Crippen molar-refractivity contribution in [3.63, 3.8) is 0 Å². The van der Waals surface area contributed by atoms with E-state index in [0.717, 1.165) is 53.3 Å². The molecule has 12 aliphatic carbocycles. The lowest BCUT2D eigenvalue weighted by Crippen LogP contribution is -2.62. The molecule has 0 N–H and O–H groups in total. The Bertz CT molecular complexity index is 927. The van der Waals surface area contributed by atoms with Crippen LogP contribution in [0.3, 0.4) is 0 Å². The smallest absolute Gasteiger partial charge is 0.0298 e. The lowest BCUT2D eigenvalue weighted by molar-refractivity contribution is -0.0525. The second-order valence-corrected chi connectivity index (χ2v) is 19.8. The standard InChI is InChI=1S/C39H56B/c1-2-4-36(5-3-1)40(24-37-15-27-6-28(16-37)8-29(7-27)17-37,25-38-18-30-9-31(19-38)11-32(10-30)20-38)26-39-21-33-12-34(22-39)14-35(13-33)23-39/h1-5,27-35H,6-26H2/q-1. The Morgan fingerprint density at radius 2 is 0.650 bits per heavy atom. The van der Waals surface area contributed by atoms with Crippen molar-refractivity contribution in [1.29, 1.82) is 0 Å². The summed E-state index contributed by atoms with van der Waals surface area (Å²) in [6, 6.07) is 12.7. The van der Waals surface area contributed by atoms with Crippen LogP contribution in [0.15, 0.2) is 30.3 Å². The van der Waals surface area contributed by atoms with Crippen LogP contribution in [-0.2, 0) is 0 Å². The van der Waals surface area contributed by atoms with Gasteiger partial charge in [-0.2, -0.15) is 19.0 Å². The van der Waals surface area contributed by atoms with Crippen LogP contribution in [0, 0.1) is 69.5 Å². The predicted octanol–water partition coefficient (Wildman–Crippen LogP) is 9.99. The minimum Gasteiger partial charge on any atom is -0.210 e. The molecule has 0 unspecified atom stereocenters. The van der Waals surface area contributed by atoms with Gasteiger partial charge >= 0.3 is 0 Å². The van der Waals surface area contributed by atoms with Crippen molar-refractivity contribution >= 4 is 11.6 Å². The number of rotatable bonds is 7. The average molecular weight is 536 g/mol. The third-order valence-corrected chi connectivity index (χ3v) is 16.5. The molecule has 12 bridgehead atoms. The normalized spacial score (nSPS) is 54.2. The average Bonchev–Trinajstić information content (AvgIpc) is 2.86. The fourth-order valence-electron chi connectivity index (χ4n) is 17.5. The van der Waals surface area contributed by atoms with Gasteiger partial charge in [0.1, 0.15) is 0 Å². The first-order chi connectivity index (χ1) is 19.4. The SMILES string of the molecule is c1ccc([B-](CC23CC4CC(CC(C4)C2)C3)(CC23CC4CC(CC(C4)C2)C3)CC23CC4CC(CC(C4)C2)C3)cc1. The van der Waals surface area contributed by atoms with Crippen molar-refractivity contribution in [2.75, 3.05) is 0 Å². The molecule has 12 saturated carbocycles. The molecule has 13 rings (SSSR count). The zero-order chi connectivity index (χ0) is 26.2. The van der Waals surface area contributed by atoms with E-state index in [1.54, 1.807) is 135 Å². The molecule has 0 spiro atoms. The van der Waals surface area contributed by atoms with Crippen LogP contribution in [0.5, 0.6) is 0 Å². The molecule has 40 heavy (non-hydrogen) atoms. The van der Waals surface area contributed by atoms with E-state index in [9.17, 15) is 0 Å². The predicted molar refractivity (Wildman–Crippen MR) is 168 cm³/mol. The third-order valence-electron chi connectivity index (χ3n) is 16.5. The molecule has 1 heteroatoms. The molecule has 0 radical (unpaired) electrons. The van der Waals surface area contributed by atoms with E-state index in [4.69, 9.17) is 0 Å². The second kappa shape index (κ2) is 8.47. The molecule has 0 heterocycles. The monoisotopic (exact) mass is 535 g/mol. The summed E-state index contributed by atoms with van der Waals surface area (Å²) in [5, 5.41) is 0. The Morgan fingerprint density at radius 3 is 0.900 bits per heavy atom. The maximum absolute atomic E-state index is 2.70. The van der Waals surface area contributed by atoms with Crippen molar-refractivity contribution in [1.82, 2.24) is 0 Å². The van der Waals surface area contributed by atoms with Gasteiger partial charge in [-0.05, 0) is 169 Å². The summed E-state index contributed by atoms with van der Waals surface area (Å²) in [6.45, 7) is 0. The molecule has 0 aliphatic heterocycles. The van der Waals surface area contributed by atoms with Gasteiger partial charge in [-0.3, -0.25) is 0 Å². The molecule has 12 aliphatic rings. The Morgan fingerprint density at radius 1 is 0.400 bits per heavy atom. The zero-order valence-corrected chi connectivity index (χ0v) is 25.5. The first-order valence-corrected chi connectivity index (χ1v) is 18.7. The fourth-order valence-corrected chi connectivity index (χ4v) is 17.5. The molecule has 216 valence electrons. The highest BCUT2D eigenvalue weighted by molar-refractivity contribution is 6.92. The van der Waals surface area contributed by atoms with Crippen LogP contribution in [0.1, 0.15) is 116 Å². The van der Waals surface area contributed by atoms with E-state index in [0.29, 0.717) is 16.2 Å². The van der Waals surface area contributed by atoms with Gasteiger partial charge in [0.2, 0.25) is 0 Å². The number of benzene rings is 1. The maximum atomic E-state index is 2.70. The van der Waals surface area contributed by atoms with Crippen LogP contribution in [0.25, 0.3) is 0 Å². The van der Waals surface area contributed by atoms with Crippen molar-refractivity contribution in [2.45, 2.75) is 135 Å². The van der Waals surface area contributed by atoms with Crippen molar-refractivity contribution < 1.29 is 0 Å². The Kier molecular flexibility index (Phi) is 5.23. The molecule has 0 saturated heterocycles. The largest absolute Gasteiger partial charge is 0.210 e. The van der Waals surface area contributed by atoms with Gasteiger partial charge in [-0.1, -0.05) is 46.6 Å². The molecule has 0 amide bonds. The van der Waals surface area contributed by atoms with E-state index in [1.807, 2.05) is 5.46 Å². The summed E-state index contributed by atoms with van der Waals surface area (Å²) in [5.41, 5.74) is 3.99. The topological polar surface area (TPSA) is 0 Å². The van der Waals surface area contributed by atoms with Gasteiger partial charge in [-0.25, -0.2) is 5.46 Å². The number of hydrogen-bond donors (Lipinski definition) is 0. The van der Waals surface area contributed by atoms with E-state index >= 15 is 0 Å². The fraction of sp³-hybridized carbons (Fsp3) is 0.846. The van der Waals surface area contributed by atoms with Crippen molar-refractivity contribution in [3.8, 4) is 0 Å². The van der Waals surface area contributed by atoms with Gasteiger partial charge in [0.15, 0.2) is 0 Å². The van der Waals surface area contributed by atoms with Gasteiger partial charge in [-0.15, -0.1) is 0 Å². The first kappa shape index (κ1) is 24.7. The minimum atomic E-state index is -0.538. The van der Waals surface area contributed by atoms with E-state index < -0.39 is 6.15 Å². The van der Waals surface area contributed by atoms with Crippen LogP contribution >= 0.6 is 0 Å². The van der Waals surface area contributed by atoms with Crippen LogP contribution in [0.4, 0.5) is 0 Å². The summed E-state index contributed by atoms with van der Waals surface area (Å²) in [5.74, 6) is 9.83. The highest BCUT2D eigenvalue weighted by Crippen LogP contribution is 2.69. The Labute approximate surface area is 245 Å². The quantitative estimate of drug-likeness (QED) is 0.305. The molecule has 0 atom stereocenters. The molecule has 1 aromatic carbocycles. The lowest BCUT2D eigenvalue weighted by atomic mass is 9.09. The second-order valence-electron chi connectivity index (χ2n) is 19.8. The Hall–Kier alpha value is -0.715. The van der Waals surface area contributed by atoms with Gasteiger partial charge in [0.05, 0.1) is 0 Å². The molecular weight excluding hydrogens is 479 g/mol. The van der Waals surface area contributed by atoms with Gasteiger partial charge in [0, 0.05) is 6.15 Å². The molecular formula is C39H56B-. The Balaban J connectivity index is 1.09. The first-order valence-electron chi connectivity index (χ1n) is 18.7. The summed E-state index contributed by atoms with van der Waals surface area (Å²) in [7, 11) is 0. The van der Waals surface area contributed by atoms with Gasteiger partial charge in [0.25, 0.3) is 0 Å². The van der Waals surface area contributed by atoms with Crippen LogP contribution in [-0.4, -0.2) is 6.15 Å². The van der Waals surface area contributed by atoms with Crippen molar-refractivity contribution in [2.24, 2.45) is 69.5 Å². The van der Waals surface area contributed by atoms with E-state index in [2.05, 4.69) is 30.3 Å². The summed E-state index contributed by atoms with van der Waals surface area (Å²) in [4.78, 5) is 0. The number of hydrogen-bond acceptors (Lipinski definition) is 0. The van der Waals surface area contributed by atoms with Gasteiger partial charge < -0.3 is 0 Å². The minimum absolute atomic E-state index is 0.538. The van der Waals surface area contributed by atoms with E-state index in [1.165, 1.54) is 0 Å². The van der Waals surface area contributed by atoms with Crippen LogP contribution in [0.2, 0.25) is 19.0 Å².